The van der Waals surface area contributed by atoms with Crippen LogP contribution in [0.5, 0.6) is 0 Å². The van der Waals surface area contributed by atoms with Gasteiger partial charge in [-0.25, -0.2) is 0 Å². The Morgan fingerprint density at radius 1 is 1.38 bits per heavy atom. The second-order valence-electron chi connectivity index (χ2n) is 4.92. The van der Waals surface area contributed by atoms with Crippen LogP contribution >= 0.6 is 11.3 Å². The number of aryl methyl sites for hydroxylation is 2. The molecule has 0 atom stereocenters. The van der Waals surface area contributed by atoms with Gasteiger partial charge in [0.2, 0.25) is 5.13 Å². The highest BCUT2D eigenvalue weighted by Crippen LogP contribution is 2.19. The summed E-state index contributed by atoms with van der Waals surface area (Å²) in [6.07, 6.45) is 1.46. The second kappa shape index (κ2) is 6.77. The van der Waals surface area contributed by atoms with E-state index in [1.165, 1.54) is 11.3 Å². The molecule has 0 spiro atoms. The van der Waals surface area contributed by atoms with E-state index in [2.05, 4.69) is 25.6 Å². The van der Waals surface area contributed by atoms with Crippen LogP contribution in [0.1, 0.15) is 33.7 Å². The molecular weight excluding hydrogens is 290 g/mol. The van der Waals surface area contributed by atoms with Crippen LogP contribution in [0.3, 0.4) is 0 Å². The first-order chi connectivity index (χ1) is 10.0. The van der Waals surface area contributed by atoms with Gasteiger partial charge in [0.1, 0.15) is 16.3 Å². The molecule has 0 aliphatic heterocycles. The van der Waals surface area contributed by atoms with E-state index in [-0.39, 0.29) is 5.91 Å². The first-order valence-corrected chi connectivity index (χ1v) is 7.56. The van der Waals surface area contributed by atoms with Gasteiger partial charge in [-0.1, -0.05) is 23.4 Å². The van der Waals surface area contributed by atoms with Crippen molar-refractivity contribution < 1.29 is 9.32 Å². The summed E-state index contributed by atoms with van der Waals surface area (Å²) in [7, 11) is 4.01. The molecule has 8 heteroatoms. The minimum absolute atomic E-state index is 0.249. The summed E-state index contributed by atoms with van der Waals surface area (Å²) in [5, 5.41) is 16.1. The molecule has 1 N–H and O–H groups in total. The first kappa shape index (κ1) is 15.6. The fourth-order valence-electron chi connectivity index (χ4n) is 1.83. The quantitative estimate of drug-likeness (QED) is 0.875. The molecule has 0 aliphatic carbocycles. The molecule has 2 heterocycles. The van der Waals surface area contributed by atoms with Gasteiger partial charge in [0.05, 0.1) is 5.69 Å². The van der Waals surface area contributed by atoms with Gasteiger partial charge >= 0.3 is 0 Å². The van der Waals surface area contributed by atoms with Gasteiger partial charge in [-0.15, -0.1) is 10.2 Å². The van der Waals surface area contributed by atoms with Crippen molar-refractivity contribution in [3.63, 3.8) is 0 Å². The topological polar surface area (TPSA) is 84.2 Å². The molecule has 0 saturated heterocycles. The molecule has 114 valence electrons. The molecule has 2 aromatic heterocycles. The predicted octanol–water partition coefficient (Wildman–Crippen LogP) is 1.75. The molecule has 0 saturated carbocycles. The van der Waals surface area contributed by atoms with Crippen LogP contribution < -0.4 is 5.32 Å². The van der Waals surface area contributed by atoms with E-state index < -0.39 is 0 Å². The zero-order valence-electron chi connectivity index (χ0n) is 12.6. The normalized spacial score (nSPS) is 11.1. The maximum Gasteiger partial charge on any atom is 0.263 e. The smallest absolute Gasteiger partial charge is 0.263 e. The molecule has 2 rings (SSSR count). The molecule has 0 radical (unpaired) electrons. The summed E-state index contributed by atoms with van der Waals surface area (Å²) in [5.41, 5.74) is 1.14. The number of aromatic nitrogens is 3. The second-order valence-corrected chi connectivity index (χ2v) is 5.98. The summed E-state index contributed by atoms with van der Waals surface area (Å²) in [6, 6.07) is 0. The van der Waals surface area contributed by atoms with Crippen molar-refractivity contribution >= 4 is 22.4 Å². The Hall–Kier alpha value is -1.80. The number of likely N-dealkylation sites (N-methyl/N-ethyl adjacent to an activating group) is 1. The molecule has 0 unspecified atom stereocenters. The highest BCUT2D eigenvalue weighted by Gasteiger charge is 2.20. The number of carbonyl (C=O) groups excluding carboxylic acids is 1. The number of carbonyl (C=O) groups is 1. The number of amides is 1. The molecule has 0 aromatic carbocycles. The number of rotatable bonds is 6. The third-order valence-corrected chi connectivity index (χ3v) is 3.85. The van der Waals surface area contributed by atoms with Gasteiger partial charge in [0, 0.05) is 13.0 Å². The Kier molecular flexibility index (Phi) is 5.03. The van der Waals surface area contributed by atoms with Gasteiger partial charge in [-0.05, 0) is 27.4 Å². The van der Waals surface area contributed by atoms with Gasteiger partial charge < -0.3 is 9.42 Å². The third kappa shape index (κ3) is 3.85. The van der Waals surface area contributed by atoms with Crippen molar-refractivity contribution in [3.05, 3.63) is 22.0 Å². The van der Waals surface area contributed by atoms with E-state index in [9.17, 15) is 4.79 Å². The minimum atomic E-state index is -0.249. The molecule has 7 nitrogen and oxygen atoms in total. The molecule has 0 aliphatic rings. The molecular formula is C13H19N5O2S. The Morgan fingerprint density at radius 3 is 2.81 bits per heavy atom. The SMILES string of the molecule is CCc1noc(C)c1C(=O)Nc1nnc(CCN(C)C)s1. The largest absolute Gasteiger partial charge is 0.361 e. The summed E-state index contributed by atoms with van der Waals surface area (Å²) in [4.78, 5) is 14.3. The average molecular weight is 309 g/mol. The Bertz CT molecular complexity index is 620. The average Bonchev–Trinajstić information content (AvgIpc) is 3.02. The third-order valence-electron chi connectivity index (χ3n) is 2.96. The zero-order valence-corrected chi connectivity index (χ0v) is 13.5. The minimum Gasteiger partial charge on any atom is -0.361 e. The molecule has 0 bridgehead atoms. The monoisotopic (exact) mass is 309 g/mol. The fourth-order valence-corrected chi connectivity index (χ4v) is 2.56. The fraction of sp³-hybridized carbons (Fsp3) is 0.538. The van der Waals surface area contributed by atoms with Crippen LogP contribution in [-0.2, 0) is 12.8 Å². The Balaban J connectivity index is 2.04. The Morgan fingerprint density at radius 2 is 2.14 bits per heavy atom. The van der Waals surface area contributed by atoms with E-state index in [4.69, 9.17) is 4.52 Å². The molecule has 21 heavy (non-hydrogen) atoms. The van der Waals surface area contributed by atoms with Crippen LogP contribution in [-0.4, -0.2) is 46.8 Å². The van der Waals surface area contributed by atoms with E-state index in [0.29, 0.717) is 28.6 Å². The van der Waals surface area contributed by atoms with Gasteiger partial charge in [0.25, 0.3) is 5.91 Å². The highest BCUT2D eigenvalue weighted by molar-refractivity contribution is 7.15. The molecule has 1 amide bonds. The van der Waals surface area contributed by atoms with Crippen LogP contribution in [0.25, 0.3) is 0 Å². The number of nitrogens with zero attached hydrogens (tertiary/aromatic N) is 4. The molecule has 2 aromatic rings. The van der Waals surface area contributed by atoms with Crippen LogP contribution in [0.15, 0.2) is 4.52 Å². The summed E-state index contributed by atoms with van der Waals surface area (Å²) < 4.78 is 5.07. The maximum absolute atomic E-state index is 12.3. The van der Waals surface area contributed by atoms with Gasteiger partial charge in [-0.2, -0.15) is 0 Å². The van der Waals surface area contributed by atoms with Crippen molar-refractivity contribution in [1.82, 2.24) is 20.3 Å². The number of anilines is 1. The van der Waals surface area contributed by atoms with Crippen LogP contribution in [0.2, 0.25) is 0 Å². The van der Waals surface area contributed by atoms with Crippen molar-refractivity contribution in [1.29, 1.82) is 0 Å². The lowest BCUT2D eigenvalue weighted by molar-refractivity contribution is 0.102. The van der Waals surface area contributed by atoms with Gasteiger partial charge in [-0.3, -0.25) is 10.1 Å². The maximum atomic E-state index is 12.3. The highest BCUT2D eigenvalue weighted by atomic mass is 32.1. The summed E-state index contributed by atoms with van der Waals surface area (Å²) in [6.45, 7) is 4.55. The first-order valence-electron chi connectivity index (χ1n) is 6.74. The lowest BCUT2D eigenvalue weighted by Gasteiger charge is -2.05. The molecule has 0 fully saturated rings. The standard InChI is InChI=1S/C13H19N5O2S/c1-5-9-11(8(2)20-17-9)12(19)14-13-16-15-10(21-13)6-7-18(3)4/h5-7H2,1-4H3,(H,14,16,19). The van der Waals surface area contributed by atoms with Crippen LogP contribution in [0, 0.1) is 6.92 Å². The van der Waals surface area contributed by atoms with Crippen molar-refractivity contribution in [3.8, 4) is 0 Å². The zero-order chi connectivity index (χ0) is 15.4. The van der Waals surface area contributed by atoms with Crippen LogP contribution in [0.4, 0.5) is 5.13 Å². The van der Waals surface area contributed by atoms with E-state index >= 15 is 0 Å². The lowest BCUT2D eigenvalue weighted by Crippen LogP contribution is -2.14. The number of hydrogen-bond acceptors (Lipinski definition) is 7. The Labute approximate surface area is 127 Å². The number of hydrogen-bond donors (Lipinski definition) is 1. The number of nitrogens with one attached hydrogen (secondary N) is 1. The van der Waals surface area contributed by atoms with Crippen molar-refractivity contribution in [2.45, 2.75) is 26.7 Å². The van der Waals surface area contributed by atoms with Crippen molar-refractivity contribution in [2.75, 3.05) is 26.0 Å². The summed E-state index contributed by atoms with van der Waals surface area (Å²) >= 11 is 1.39. The van der Waals surface area contributed by atoms with E-state index in [1.807, 2.05) is 21.0 Å². The van der Waals surface area contributed by atoms with E-state index in [1.54, 1.807) is 6.92 Å². The lowest BCUT2D eigenvalue weighted by atomic mass is 10.1. The predicted molar refractivity (Wildman–Crippen MR) is 80.7 cm³/mol. The summed E-state index contributed by atoms with van der Waals surface area (Å²) in [5.74, 6) is 0.266. The van der Waals surface area contributed by atoms with E-state index in [0.717, 1.165) is 18.0 Å². The van der Waals surface area contributed by atoms with Gasteiger partial charge in [0.15, 0.2) is 0 Å². The van der Waals surface area contributed by atoms with Crippen molar-refractivity contribution in [2.24, 2.45) is 0 Å².